The normalized spacial score (nSPS) is 10.3. The zero-order valence-electron chi connectivity index (χ0n) is 9.63. The number of halogens is 1. The van der Waals surface area contributed by atoms with Gasteiger partial charge < -0.3 is 9.84 Å². The minimum absolute atomic E-state index is 0.0195. The third-order valence-electron chi connectivity index (χ3n) is 2.30. The number of hydrogen-bond donors (Lipinski definition) is 1. The third kappa shape index (κ3) is 2.81. The first kappa shape index (κ1) is 12.4. The zero-order chi connectivity index (χ0) is 13.1. The highest BCUT2D eigenvalue weighted by Crippen LogP contribution is 2.25. The average Bonchev–Trinajstić information content (AvgIpc) is 2.79. The number of aromatic nitrogens is 2. The van der Waals surface area contributed by atoms with Crippen molar-refractivity contribution in [3.8, 4) is 5.75 Å². The molecule has 1 aromatic carbocycles. The van der Waals surface area contributed by atoms with Crippen LogP contribution in [-0.4, -0.2) is 20.9 Å². The molecular weight excluding hydrogens is 256 g/mol. The Morgan fingerprint density at radius 3 is 2.94 bits per heavy atom. The van der Waals surface area contributed by atoms with Gasteiger partial charge in [-0.15, -0.1) is 0 Å². The number of benzene rings is 1. The molecule has 0 saturated carbocycles. The lowest BCUT2D eigenvalue weighted by Crippen LogP contribution is -2.08. The quantitative estimate of drug-likeness (QED) is 0.924. The number of carboxylic acid groups (broad SMARTS) is 1. The Bertz CT molecular complexity index is 580. The molecule has 94 valence electrons. The van der Waals surface area contributed by atoms with Gasteiger partial charge in [0.1, 0.15) is 5.75 Å². The van der Waals surface area contributed by atoms with Crippen LogP contribution in [0.25, 0.3) is 0 Å². The highest BCUT2D eigenvalue weighted by molar-refractivity contribution is 6.32. The van der Waals surface area contributed by atoms with E-state index in [2.05, 4.69) is 5.10 Å². The van der Waals surface area contributed by atoms with E-state index in [0.29, 0.717) is 10.8 Å². The molecule has 0 bridgehead atoms. The molecule has 0 aliphatic heterocycles. The molecule has 0 radical (unpaired) electrons. The maximum atomic E-state index is 10.6. The van der Waals surface area contributed by atoms with E-state index in [4.69, 9.17) is 21.4 Å². The second-order valence-corrected chi connectivity index (χ2v) is 4.16. The van der Waals surface area contributed by atoms with E-state index in [1.807, 2.05) is 19.1 Å². The van der Waals surface area contributed by atoms with Crippen molar-refractivity contribution < 1.29 is 14.6 Å². The Morgan fingerprint density at radius 1 is 1.50 bits per heavy atom. The van der Waals surface area contributed by atoms with E-state index >= 15 is 0 Å². The first-order valence-electron chi connectivity index (χ1n) is 5.22. The third-order valence-corrected chi connectivity index (χ3v) is 2.61. The lowest BCUT2D eigenvalue weighted by molar-refractivity contribution is 0.0688. The molecule has 2 aromatic rings. The molecule has 0 unspecified atom stereocenters. The van der Waals surface area contributed by atoms with Crippen molar-refractivity contribution in [2.24, 2.45) is 0 Å². The monoisotopic (exact) mass is 266 g/mol. The van der Waals surface area contributed by atoms with Crippen LogP contribution in [0.5, 0.6) is 5.75 Å². The lowest BCUT2D eigenvalue weighted by atomic mass is 10.2. The summed E-state index contributed by atoms with van der Waals surface area (Å²) in [6, 6.07) is 6.84. The van der Waals surface area contributed by atoms with Crippen LogP contribution in [0, 0.1) is 6.92 Å². The van der Waals surface area contributed by atoms with Gasteiger partial charge in [-0.3, -0.25) is 0 Å². The van der Waals surface area contributed by atoms with Gasteiger partial charge in [-0.1, -0.05) is 17.7 Å². The molecule has 0 aliphatic rings. The average molecular weight is 267 g/mol. The van der Waals surface area contributed by atoms with Crippen molar-refractivity contribution in [2.75, 3.05) is 0 Å². The summed E-state index contributed by atoms with van der Waals surface area (Å²) in [5.41, 5.74) is 1.01. The first-order valence-corrected chi connectivity index (χ1v) is 5.60. The van der Waals surface area contributed by atoms with Gasteiger partial charge in [0.2, 0.25) is 0 Å². The van der Waals surface area contributed by atoms with Crippen LogP contribution in [0.1, 0.15) is 16.1 Å². The minimum atomic E-state index is -1.07. The summed E-state index contributed by atoms with van der Waals surface area (Å²) in [5, 5.41) is 13.1. The maximum absolute atomic E-state index is 10.6. The molecule has 0 amide bonds. The molecule has 0 atom stereocenters. The summed E-state index contributed by atoms with van der Waals surface area (Å²) < 4.78 is 6.86. The zero-order valence-corrected chi connectivity index (χ0v) is 10.4. The summed E-state index contributed by atoms with van der Waals surface area (Å²) in [6.07, 6.45) is 1.53. The Hall–Kier alpha value is -2.01. The predicted octanol–water partition coefficient (Wildman–Crippen LogP) is 2.58. The molecule has 18 heavy (non-hydrogen) atoms. The summed E-state index contributed by atoms with van der Waals surface area (Å²) in [7, 11) is 0. The van der Waals surface area contributed by atoms with Crippen LogP contribution in [-0.2, 0) is 6.73 Å². The number of carboxylic acids is 1. The van der Waals surface area contributed by atoms with Crippen LogP contribution < -0.4 is 4.74 Å². The van der Waals surface area contributed by atoms with Crippen molar-refractivity contribution in [3.63, 3.8) is 0 Å². The van der Waals surface area contributed by atoms with Crippen molar-refractivity contribution in [1.82, 2.24) is 9.78 Å². The van der Waals surface area contributed by atoms with Crippen molar-refractivity contribution in [3.05, 3.63) is 46.7 Å². The van der Waals surface area contributed by atoms with Gasteiger partial charge in [0.25, 0.3) is 0 Å². The van der Waals surface area contributed by atoms with Crippen LogP contribution in [0.2, 0.25) is 5.02 Å². The summed E-state index contributed by atoms with van der Waals surface area (Å²) in [5.74, 6) is -0.522. The van der Waals surface area contributed by atoms with Gasteiger partial charge in [0.05, 0.1) is 5.02 Å². The van der Waals surface area contributed by atoms with E-state index in [0.717, 1.165) is 5.56 Å². The molecule has 0 saturated heterocycles. The molecule has 0 aliphatic carbocycles. The fraction of sp³-hybridized carbons (Fsp3) is 0.167. The molecule has 6 heteroatoms. The molecule has 1 aromatic heterocycles. The van der Waals surface area contributed by atoms with E-state index < -0.39 is 5.97 Å². The molecular formula is C12H11ClN2O3. The van der Waals surface area contributed by atoms with Crippen LogP contribution in [0.15, 0.2) is 30.5 Å². The van der Waals surface area contributed by atoms with Crippen molar-refractivity contribution >= 4 is 17.6 Å². The van der Waals surface area contributed by atoms with E-state index in [1.54, 1.807) is 6.07 Å². The minimum Gasteiger partial charge on any atom is -0.476 e. The summed E-state index contributed by atoms with van der Waals surface area (Å²) in [4.78, 5) is 10.6. The van der Waals surface area contributed by atoms with Gasteiger partial charge in [-0.05, 0) is 30.7 Å². The van der Waals surface area contributed by atoms with Gasteiger partial charge in [-0.2, -0.15) is 5.10 Å². The van der Waals surface area contributed by atoms with Gasteiger partial charge in [0, 0.05) is 6.20 Å². The van der Waals surface area contributed by atoms with Gasteiger partial charge >= 0.3 is 5.97 Å². The number of aryl methyl sites for hydroxylation is 1. The fourth-order valence-corrected chi connectivity index (χ4v) is 1.58. The molecule has 0 spiro atoms. The smallest absolute Gasteiger partial charge is 0.356 e. The van der Waals surface area contributed by atoms with Crippen molar-refractivity contribution in [1.29, 1.82) is 0 Å². The topological polar surface area (TPSA) is 64.3 Å². The van der Waals surface area contributed by atoms with Crippen LogP contribution in [0.3, 0.4) is 0 Å². The largest absolute Gasteiger partial charge is 0.476 e. The second kappa shape index (κ2) is 5.10. The van der Waals surface area contributed by atoms with E-state index in [1.165, 1.54) is 16.9 Å². The number of ether oxygens (including phenoxy) is 1. The highest BCUT2D eigenvalue weighted by Gasteiger charge is 2.07. The summed E-state index contributed by atoms with van der Waals surface area (Å²) in [6.45, 7) is 2.04. The molecule has 1 heterocycles. The number of rotatable bonds is 4. The molecule has 2 rings (SSSR count). The Kier molecular flexibility index (Phi) is 3.53. The predicted molar refractivity (Wildman–Crippen MR) is 66.0 cm³/mol. The lowest BCUT2D eigenvalue weighted by Gasteiger charge is -2.08. The number of hydrogen-bond acceptors (Lipinski definition) is 3. The highest BCUT2D eigenvalue weighted by atomic mass is 35.5. The standard InChI is InChI=1S/C12H11ClN2O3/c1-8-2-3-9(13)11(6-8)18-7-15-5-4-10(14-15)12(16)17/h2-6H,7H2,1H3,(H,16,17). The fourth-order valence-electron chi connectivity index (χ4n) is 1.40. The van der Waals surface area contributed by atoms with Gasteiger partial charge in [-0.25, -0.2) is 9.48 Å². The number of nitrogens with zero attached hydrogens (tertiary/aromatic N) is 2. The van der Waals surface area contributed by atoms with E-state index in [-0.39, 0.29) is 12.4 Å². The first-order chi connectivity index (χ1) is 8.56. The maximum Gasteiger partial charge on any atom is 0.356 e. The van der Waals surface area contributed by atoms with Gasteiger partial charge in [0.15, 0.2) is 12.4 Å². The van der Waals surface area contributed by atoms with Crippen molar-refractivity contribution in [2.45, 2.75) is 13.7 Å². The summed E-state index contributed by atoms with van der Waals surface area (Å²) >= 11 is 5.97. The molecule has 5 nitrogen and oxygen atoms in total. The molecule has 0 fully saturated rings. The number of carbonyl (C=O) groups is 1. The SMILES string of the molecule is Cc1ccc(Cl)c(OCn2ccc(C(=O)O)n2)c1. The number of aromatic carboxylic acids is 1. The Labute approximate surface area is 109 Å². The Balaban J connectivity index is 2.06. The van der Waals surface area contributed by atoms with E-state index in [9.17, 15) is 4.79 Å². The van der Waals surface area contributed by atoms with Crippen LogP contribution >= 0.6 is 11.6 Å². The second-order valence-electron chi connectivity index (χ2n) is 3.75. The molecule has 1 N–H and O–H groups in total. The Morgan fingerprint density at radius 2 is 2.28 bits per heavy atom. The van der Waals surface area contributed by atoms with Crippen LogP contribution in [0.4, 0.5) is 0 Å².